The van der Waals surface area contributed by atoms with Crippen molar-refractivity contribution in [3.63, 3.8) is 0 Å². The number of para-hydroxylation sites is 1. The third-order valence-electron chi connectivity index (χ3n) is 6.24. The van der Waals surface area contributed by atoms with Crippen molar-refractivity contribution in [3.8, 4) is 5.75 Å². The molecule has 5 nitrogen and oxygen atoms in total. The average molecular weight is 496 g/mol. The summed E-state index contributed by atoms with van der Waals surface area (Å²) in [7, 11) is 0. The molecule has 0 N–H and O–H groups in total. The minimum atomic E-state index is -0.00349. The normalized spacial score (nSPS) is 18.2. The number of aryl methyl sites for hydroxylation is 1. The van der Waals surface area contributed by atoms with Gasteiger partial charge in [0.25, 0.3) is 5.91 Å². The molecule has 2 fully saturated rings. The number of anilines is 1. The van der Waals surface area contributed by atoms with Crippen LogP contribution in [0.1, 0.15) is 37.3 Å². The number of thiocarbonyl (C=S) groups is 1. The number of carbonyl (C=O) groups is 1. The van der Waals surface area contributed by atoms with Crippen molar-refractivity contribution in [1.82, 2.24) is 9.80 Å². The molecule has 0 radical (unpaired) electrons. The fourth-order valence-electron chi connectivity index (χ4n) is 4.22. The first-order valence-corrected chi connectivity index (χ1v) is 13.3. The number of hydrogen-bond acceptors (Lipinski definition) is 6. The molecule has 2 aromatic carbocycles. The van der Waals surface area contributed by atoms with Crippen LogP contribution in [0.15, 0.2) is 53.4 Å². The monoisotopic (exact) mass is 495 g/mol. The van der Waals surface area contributed by atoms with Gasteiger partial charge < -0.3 is 9.64 Å². The Morgan fingerprint density at radius 2 is 1.76 bits per heavy atom. The Labute approximate surface area is 212 Å². The lowest BCUT2D eigenvalue weighted by Gasteiger charge is -2.38. The van der Waals surface area contributed by atoms with Crippen molar-refractivity contribution >= 4 is 46.0 Å². The highest BCUT2D eigenvalue weighted by Gasteiger charge is 2.33. The maximum Gasteiger partial charge on any atom is 0.267 e. The number of amides is 1. The van der Waals surface area contributed by atoms with Gasteiger partial charge in [-0.3, -0.25) is 14.6 Å². The number of rotatable bonds is 9. The summed E-state index contributed by atoms with van der Waals surface area (Å²) >= 11 is 6.95. The lowest BCUT2D eigenvalue weighted by Crippen LogP contribution is -2.51. The number of nitrogens with zero attached hydrogens (tertiary/aromatic N) is 3. The molecule has 2 aromatic rings. The van der Waals surface area contributed by atoms with E-state index >= 15 is 0 Å². The van der Waals surface area contributed by atoms with Gasteiger partial charge in [0.1, 0.15) is 10.1 Å². The van der Waals surface area contributed by atoms with Crippen LogP contribution in [0, 0.1) is 6.92 Å². The van der Waals surface area contributed by atoms with E-state index in [0.29, 0.717) is 15.9 Å². The summed E-state index contributed by atoms with van der Waals surface area (Å²) in [6.07, 6.45) is 5.37. The molecular weight excluding hydrogens is 462 g/mol. The highest BCUT2D eigenvalue weighted by atomic mass is 32.2. The second kappa shape index (κ2) is 11.9. The standard InChI is InChI=1S/C27H33N3O2S2/c1-3-4-7-18-32-23-12-10-22(11-13-23)19-25-26(31)30(27(33)34-25)20-28-14-16-29(17-15-28)24-9-6-5-8-21(24)2/h5-6,8-13,19H,3-4,7,14-18,20H2,1-2H3/b25-19+. The Balaban J connectivity index is 1.31. The molecule has 2 aliphatic heterocycles. The molecule has 2 heterocycles. The summed E-state index contributed by atoms with van der Waals surface area (Å²) in [5.41, 5.74) is 3.58. The first kappa shape index (κ1) is 24.8. The predicted molar refractivity (Wildman–Crippen MR) is 146 cm³/mol. The van der Waals surface area contributed by atoms with Gasteiger partial charge in [-0.25, -0.2) is 0 Å². The molecule has 0 bridgehead atoms. The van der Waals surface area contributed by atoms with Gasteiger partial charge in [0, 0.05) is 31.9 Å². The van der Waals surface area contributed by atoms with E-state index in [1.54, 1.807) is 4.90 Å². The number of piperazine rings is 1. The Hall–Kier alpha value is -2.35. The van der Waals surface area contributed by atoms with E-state index in [-0.39, 0.29) is 5.91 Å². The van der Waals surface area contributed by atoms with Crippen LogP contribution in [-0.2, 0) is 4.79 Å². The van der Waals surface area contributed by atoms with Gasteiger partial charge in [-0.15, -0.1) is 0 Å². The van der Waals surface area contributed by atoms with Crippen molar-refractivity contribution < 1.29 is 9.53 Å². The van der Waals surface area contributed by atoms with Crippen LogP contribution in [0.2, 0.25) is 0 Å². The van der Waals surface area contributed by atoms with E-state index in [2.05, 4.69) is 47.9 Å². The first-order valence-electron chi connectivity index (χ1n) is 12.1. The van der Waals surface area contributed by atoms with Gasteiger partial charge >= 0.3 is 0 Å². The summed E-state index contributed by atoms with van der Waals surface area (Å²) < 4.78 is 6.42. The Kier molecular flexibility index (Phi) is 8.64. The largest absolute Gasteiger partial charge is 0.494 e. The van der Waals surface area contributed by atoms with E-state index in [0.717, 1.165) is 50.5 Å². The van der Waals surface area contributed by atoms with Gasteiger partial charge in [0.05, 0.1) is 18.2 Å². The topological polar surface area (TPSA) is 36.0 Å². The molecular formula is C27H33N3O2S2. The molecule has 4 rings (SSSR count). The SMILES string of the molecule is CCCCCOc1ccc(/C=C2/SC(=S)N(CN3CCN(c4ccccc4C)CC3)C2=O)cc1. The van der Waals surface area contributed by atoms with E-state index in [1.165, 1.54) is 35.9 Å². The fourth-order valence-corrected chi connectivity index (χ4v) is 5.47. The third kappa shape index (κ3) is 6.20. The smallest absolute Gasteiger partial charge is 0.267 e. The molecule has 0 saturated carbocycles. The van der Waals surface area contributed by atoms with Crippen LogP contribution < -0.4 is 9.64 Å². The van der Waals surface area contributed by atoms with Crippen LogP contribution >= 0.6 is 24.0 Å². The van der Waals surface area contributed by atoms with Gasteiger partial charge in [-0.2, -0.15) is 0 Å². The molecule has 2 saturated heterocycles. The van der Waals surface area contributed by atoms with Crippen LogP contribution in [0.4, 0.5) is 5.69 Å². The van der Waals surface area contributed by atoms with Gasteiger partial charge in [-0.1, -0.05) is 74.1 Å². The molecule has 0 aromatic heterocycles. The van der Waals surface area contributed by atoms with Gasteiger partial charge in [0.15, 0.2) is 0 Å². The van der Waals surface area contributed by atoms with Crippen molar-refractivity contribution in [2.75, 3.05) is 44.4 Å². The zero-order valence-electron chi connectivity index (χ0n) is 20.0. The summed E-state index contributed by atoms with van der Waals surface area (Å²) in [6, 6.07) is 16.4. The third-order valence-corrected chi connectivity index (χ3v) is 7.62. The van der Waals surface area contributed by atoms with Crippen molar-refractivity contribution in [2.45, 2.75) is 33.1 Å². The minimum absolute atomic E-state index is 0.00349. The molecule has 180 valence electrons. The molecule has 2 aliphatic rings. The number of unbranched alkanes of at least 4 members (excludes halogenated alkanes) is 2. The van der Waals surface area contributed by atoms with Gasteiger partial charge in [-0.05, 0) is 48.7 Å². The summed E-state index contributed by atoms with van der Waals surface area (Å²) in [4.78, 5) is 20.2. The molecule has 34 heavy (non-hydrogen) atoms. The maximum absolute atomic E-state index is 13.1. The Bertz CT molecular complexity index is 1030. The zero-order valence-corrected chi connectivity index (χ0v) is 21.7. The highest BCUT2D eigenvalue weighted by molar-refractivity contribution is 8.26. The minimum Gasteiger partial charge on any atom is -0.494 e. The van der Waals surface area contributed by atoms with Crippen LogP contribution in [0.3, 0.4) is 0 Å². The van der Waals surface area contributed by atoms with Crippen LogP contribution in [-0.4, -0.2) is 59.5 Å². The first-order chi connectivity index (χ1) is 16.5. The summed E-state index contributed by atoms with van der Waals surface area (Å²) in [5, 5.41) is 0. The van der Waals surface area contributed by atoms with E-state index in [1.807, 2.05) is 30.3 Å². The number of thioether (sulfide) groups is 1. The molecule has 1 amide bonds. The van der Waals surface area contributed by atoms with Crippen LogP contribution in [0.25, 0.3) is 6.08 Å². The Morgan fingerprint density at radius 1 is 1.03 bits per heavy atom. The van der Waals surface area contributed by atoms with Crippen LogP contribution in [0.5, 0.6) is 5.75 Å². The number of carbonyl (C=O) groups excluding carboxylic acids is 1. The molecule has 7 heteroatoms. The van der Waals surface area contributed by atoms with Crippen molar-refractivity contribution in [2.24, 2.45) is 0 Å². The van der Waals surface area contributed by atoms with E-state index in [4.69, 9.17) is 17.0 Å². The Morgan fingerprint density at radius 3 is 2.47 bits per heavy atom. The quantitative estimate of drug-likeness (QED) is 0.258. The molecule has 0 unspecified atom stereocenters. The lowest BCUT2D eigenvalue weighted by molar-refractivity contribution is -0.123. The second-order valence-corrected chi connectivity index (χ2v) is 10.4. The van der Waals surface area contributed by atoms with Gasteiger partial charge in [0.2, 0.25) is 0 Å². The number of benzene rings is 2. The predicted octanol–water partition coefficient (Wildman–Crippen LogP) is 5.54. The van der Waals surface area contributed by atoms with Crippen molar-refractivity contribution in [3.05, 3.63) is 64.6 Å². The fraction of sp³-hybridized carbons (Fsp3) is 0.407. The molecule has 0 aliphatic carbocycles. The summed E-state index contributed by atoms with van der Waals surface area (Å²) in [5.74, 6) is 0.863. The van der Waals surface area contributed by atoms with E-state index < -0.39 is 0 Å². The zero-order chi connectivity index (χ0) is 23.9. The molecule has 0 atom stereocenters. The maximum atomic E-state index is 13.1. The van der Waals surface area contributed by atoms with Crippen molar-refractivity contribution in [1.29, 1.82) is 0 Å². The second-order valence-electron chi connectivity index (χ2n) is 8.77. The highest BCUT2D eigenvalue weighted by Crippen LogP contribution is 2.33. The average Bonchev–Trinajstić information content (AvgIpc) is 3.11. The number of hydrogen-bond donors (Lipinski definition) is 0. The molecule has 0 spiro atoms. The number of ether oxygens (including phenoxy) is 1. The van der Waals surface area contributed by atoms with E-state index in [9.17, 15) is 4.79 Å². The lowest BCUT2D eigenvalue weighted by atomic mass is 10.1. The summed E-state index contributed by atoms with van der Waals surface area (Å²) in [6.45, 7) is 9.34.